The first-order valence-corrected chi connectivity index (χ1v) is 7.35. The van der Waals surface area contributed by atoms with E-state index in [1.54, 1.807) is 0 Å². The number of aliphatic hydroxyl groups excluding tert-OH is 1. The second-order valence-electron chi connectivity index (χ2n) is 6.01. The van der Waals surface area contributed by atoms with Gasteiger partial charge in [-0.25, -0.2) is 8.78 Å². The van der Waals surface area contributed by atoms with Gasteiger partial charge in [0.2, 0.25) is 0 Å². The van der Waals surface area contributed by atoms with E-state index in [2.05, 4.69) is 6.92 Å². The fourth-order valence-electron chi connectivity index (χ4n) is 3.47. The van der Waals surface area contributed by atoms with Crippen LogP contribution in [0.1, 0.15) is 50.7 Å². The predicted molar refractivity (Wildman–Crippen MR) is 75.1 cm³/mol. The van der Waals surface area contributed by atoms with Crippen molar-refractivity contribution < 1.29 is 13.9 Å². The molecule has 1 aromatic rings. The molecule has 1 saturated carbocycles. The number of halogens is 2. The zero-order chi connectivity index (χ0) is 14.8. The second kappa shape index (κ2) is 6.19. The molecule has 0 aromatic heterocycles. The van der Waals surface area contributed by atoms with Crippen molar-refractivity contribution >= 4 is 0 Å². The average Bonchev–Trinajstić information content (AvgIpc) is 2.48. The summed E-state index contributed by atoms with van der Waals surface area (Å²) in [5.74, 6) is -0.598. The van der Waals surface area contributed by atoms with E-state index in [0.29, 0.717) is 12.5 Å². The Morgan fingerprint density at radius 2 is 2.20 bits per heavy atom. The fourth-order valence-corrected chi connectivity index (χ4v) is 3.47. The lowest BCUT2D eigenvalue weighted by Gasteiger charge is -2.43. The second-order valence-corrected chi connectivity index (χ2v) is 6.01. The molecule has 1 aliphatic carbocycles. The molecule has 0 radical (unpaired) electrons. The Balaban J connectivity index is 2.32. The standard InChI is InChI=1S/C16H23F2NO/c1-2-11-4-3-7-16(9-11,10-19)15(20)13-8-12(17)5-6-14(13)18/h5-6,8,11,15,20H,2-4,7,9-10,19H2,1H3. The lowest BCUT2D eigenvalue weighted by Crippen LogP contribution is -2.41. The maximum atomic E-state index is 13.9. The maximum absolute atomic E-state index is 13.9. The van der Waals surface area contributed by atoms with Crippen LogP contribution in [0.25, 0.3) is 0 Å². The summed E-state index contributed by atoms with van der Waals surface area (Å²) >= 11 is 0. The molecule has 1 aromatic carbocycles. The summed E-state index contributed by atoms with van der Waals surface area (Å²) in [7, 11) is 0. The van der Waals surface area contributed by atoms with E-state index in [1.807, 2.05) is 0 Å². The summed E-state index contributed by atoms with van der Waals surface area (Å²) in [6, 6.07) is 3.22. The van der Waals surface area contributed by atoms with Crippen molar-refractivity contribution in [2.24, 2.45) is 17.1 Å². The zero-order valence-electron chi connectivity index (χ0n) is 11.9. The zero-order valence-corrected chi connectivity index (χ0v) is 11.9. The first kappa shape index (κ1) is 15.4. The molecule has 4 heteroatoms. The lowest BCUT2D eigenvalue weighted by molar-refractivity contribution is -0.0183. The molecule has 0 aliphatic heterocycles. The summed E-state index contributed by atoms with van der Waals surface area (Å²) < 4.78 is 27.2. The highest BCUT2D eigenvalue weighted by Gasteiger charge is 2.42. The number of aliphatic hydroxyl groups is 1. The van der Waals surface area contributed by atoms with Crippen molar-refractivity contribution in [3.8, 4) is 0 Å². The number of hydrogen-bond acceptors (Lipinski definition) is 2. The molecule has 1 fully saturated rings. The van der Waals surface area contributed by atoms with Gasteiger partial charge in [-0.15, -0.1) is 0 Å². The summed E-state index contributed by atoms with van der Waals surface area (Å²) in [5.41, 5.74) is 5.41. The van der Waals surface area contributed by atoms with Crippen molar-refractivity contribution in [2.45, 2.75) is 45.1 Å². The van der Waals surface area contributed by atoms with Gasteiger partial charge in [0.15, 0.2) is 0 Å². The van der Waals surface area contributed by atoms with E-state index >= 15 is 0 Å². The van der Waals surface area contributed by atoms with Gasteiger partial charge in [-0.3, -0.25) is 0 Å². The minimum atomic E-state index is -1.04. The summed E-state index contributed by atoms with van der Waals surface area (Å²) in [5, 5.41) is 10.6. The molecule has 0 saturated heterocycles. The van der Waals surface area contributed by atoms with Crippen LogP contribution >= 0.6 is 0 Å². The SMILES string of the molecule is CCC1CCCC(CN)(C(O)c2cc(F)ccc2F)C1. The van der Waals surface area contributed by atoms with E-state index in [0.717, 1.165) is 50.3 Å². The van der Waals surface area contributed by atoms with Crippen LogP contribution in [0.4, 0.5) is 8.78 Å². The van der Waals surface area contributed by atoms with Crippen LogP contribution in [0, 0.1) is 23.0 Å². The lowest BCUT2D eigenvalue weighted by atomic mass is 9.64. The van der Waals surface area contributed by atoms with Gasteiger partial charge in [-0.2, -0.15) is 0 Å². The number of nitrogens with two attached hydrogens (primary N) is 1. The van der Waals surface area contributed by atoms with E-state index in [-0.39, 0.29) is 5.56 Å². The third-order valence-corrected chi connectivity index (χ3v) is 4.80. The van der Waals surface area contributed by atoms with Crippen molar-refractivity contribution in [3.05, 3.63) is 35.4 Å². The molecule has 3 unspecified atom stereocenters. The maximum Gasteiger partial charge on any atom is 0.129 e. The Hall–Kier alpha value is -1.00. The van der Waals surface area contributed by atoms with Gasteiger partial charge in [0.1, 0.15) is 11.6 Å². The third kappa shape index (κ3) is 2.86. The van der Waals surface area contributed by atoms with E-state index in [1.165, 1.54) is 0 Å². The molecule has 0 amide bonds. The molecule has 1 aliphatic rings. The molecule has 0 bridgehead atoms. The van der Waals surface area contributed by atoms with Gasteiger partial charge >= 0.3 is 0 Å². The normalized spacial score (nSPS) is 28.4. The van der Waals surface area contributed by atoms with Crippen molar-refractivity contribution in [1.29, 1.82) is 0 Å². The Kier molecular flexibility index (Phi) is 4.76. The topological polar surface area (TPSA) is 46.2 Å². The van der Waals surface area contributed by atoms with Crippen LogP contribution in [0.15, 0.2) is 18.2 Å². The molecule has 20 heavy (non-hydrogen) atoms. The predicted octanol–water partition coefficient (Wildman–Crippen LogP) is 3.54. The Labute approximate surface area is 119 Å². The smallest absolute Gasteiger partial charge is 0.129 e. The van der Waals surface area contributed by atoms with Gasteiger partial charge in [-0.05, 0) is 37.0 Å². The number of hydrogen-bond donors (Lipinski definition) is 2. The summed E-state index contributed by atoms with van der Waals surface area (Å²) in [4.78, 5) is 0. The van der Waals surface area contributed by atoms with Crippen LogP contribution in [-0.4, -0.2) is 11.7 Å². The van der Waals surface area contributed by atoms with Crippen LogP contribution in [0.5, 0.6) is 0 Å². The fraction of sp³-hybridized carbons (Fsp3) is 0.625. The first-order chi connectivity index (χ1) is 9.52. The molecule has 3 atom stereocenters. The van der Waals surface area contributed by atoms with Crippen LogP contribution in [0.2, 0.25) is 0 Å². The Bertz CT molecular complexity index is 466. The van der Waals surface area contributed by atoms with Gasteiger partial charge in [-0.1, -0.05) is 26.2 Å². The van der Waals surface area contributed by atoms with Crippen molar-refractivity contribution in [3.63, 3.8) is 0 Å². The van der Waals surface area contributed by atoms with Crippen molar-refractivity contribution in [1.82, 2.24) is 0 Å². The highest BCUT2D eigenvalue weighted by molar-refractivity contribution is 5.23. The molecule has 112 valence electrons. The Morgan fingerprint density at radius 1 is 1.45 bits per heavy atom. The van der Waals surface area contributed by atoms with Crippen LogP contribution in [0.3, 0.4) is 0 Å². The molecule has 2 rings (SSSR count). The van der Waals surface area contributed by atoms with Gasteiger partial charge in [0.05, 0.1) is 6.10 Å². The van der Waals surface area contributed by atoms with E-state index in [4.69, 9.17) is 5.73 Å². The van der Waals surface area contributed by atoms with E-state index < -0.39 is 23.2 Å². The highest BCUT2D eigenvalue weighted by Crippen LogP contribution is 2.48. The molecule has 0 spiro atoms. The number of rotatable bonds is 4. The molecular formula is C16H23F2NO. The quantitative estimate of drug-likeness (QED) is 0.887. The van der Waals surface area contributed by atoms with E-state index in [9.17, 15) is 13.9 Å². The summed E-state index contributed by atoms with van der Waals surface area (Å²) in [6.45, 7) is 2.41. The van der Waals surface area contributed by atoms with Gasteiger partial charge in [0.25, 0.3) is 0 Å². The molecule has 2 nitrogen and oxygen atoms in total. The average molecular weight is 283 g/mol. The van der Waals surface area contributed by atoms with Gasteiger partial charge < -0.3 is 10.8 Å². The molecule has 3 N–H and O–H groups in total. The van der Waals surface area contributed by atoms with Crippen LogP contribution < -0.4 is 5.73 Å². The van der Waals surface area contributed by atoms with Gasteiger partial charge in [0, 0.05) is 17.5 Å². The molecular weight excluding hydrogens is 260 g/mol. The third-order valence-electron chi connectivity index (χ3n) is 4.80. The highest BCUT2D eigenvalue weighted by atomic mass is 19.1. The minimum Gasteiger partial charge on any atom is -0.388 e. The van der Waals surface area contributed by atoms with Crippen molar-refractivity contribution in [2.75, 3.05) is 6.54 Å². The molecule has 0 heterocycles. The Morgan fingerprint density at radius 3 is 2.85 bits per heavy atom. The largest absolute Gasteiger partial charge is 0.388 e. The minimum absolute atomic E-state index is 0.0344. The number of benzene rings is 1. The van der Waals surface area contributed by atoms with Crippen LogP contribution in [-0.2, 0) is 0 Å². The monoisotopic (exact) mass is 283 g/mol. The first-order valence-electron chi connectivity index (χ1n) is 7.35. The summed E-state index contributed by atoms with van der Waals surface area (Å²) in [6.07, 6.45) is 3.62.